The molecule has 0 N–H and O–H groups in total. The summed E-state index contributed by atoms with van der Waals surface area (Å²) in [6.07, 6.45) is 12.0. The van der Waals surface area contributed by atoms with Crippen LogP contribution in [0.5, 0.6) is 0 Å². The molecule has 1 heteroatoms. The van der Waals surface area contributed by atoms with E-state index in [2.05, 4.69) is 63.4 Å². The van der Waals surface area contributed by atoms with Crippen LogP contribution in [0.2, 0.25) is 13.1 Å². The molecule has 114 valence electrons. The quantitative estimate of drug-likeness (QED) is 0.663. The van der Waals surface area contributed by atoms with Crippen molar-refractivity contribution in [2.75, 3.05) is 0 Å². The van der Waals surface area contributed by atoms with Crippen LogP contribution in [-0.2, 0) is 0 Å². The summed E-state index contributed by atoms with van der Waals surface area (Å²) in [5.74, 6) is 0. The molecule has 0 aliphatic heterocycles. The van der Waals surface area contributed by atoms with E-state index in [1.165, 1.54) is 41.2 Å². The largest absolute Gasteiger partial charge is 0.0798 e. The van der Waals surface area contributed by atoms with Gasteiger partial charge in [-0.3, -0.25) is 0 Å². The molecule has 0 nitrogen and oxygen atoms in total. The lowest BCUT2D eigenvalue weighted by Gasteiger charge is -2.10. The van der Waals surface area contributed by atoms with Gasteiger partial charge >= 0.3 is 0 Å². The van der Waals surface area contributed by atoms with Crippen LogP contribution in [0, 0.1) is 4.81 Å². The lowest BCUT2D eigenvalue weighted by atomic mass is 9.95. The highest BCUT2D eigenvalue weighted by Gasteiger charge is 2.19. The van der Waals surface area contributed by atoms with Crippen LogP contribution in [-0.4, -0.2) is 8.41 Å². The number of fused-ring (bicyclic) bond motifs is 1. The first-order valence-corrected chi connectivity index (χ1v) is 11.0. The minimum absolute atomic E-state index is 0.428. The SMILES string of the molecule is CCCCC1=C(C2=Cc3cccc(=[Si](C)C)c3=C2C)CC=C1. The van der Waals surface area contributed by atoms with E-state index in [1.807, 2.05) is 0 Å². The molecule has 0 saturated carbocycles. The number of rotatable bonds is 4. The Balaban J connectivity index is 2.13. The van der Waals surface area contributed by atoms with Crippen LogP contribution >= 0.6 is 0 Å². The Morgan fingerprint density at radius 1 is 1.18 bits per heavy atom. The van der Waals surface area contributed by atoms with E-state index in [-0.39, 0.29) is 0 Å². The van der Waals surface area contributed by atoms with Crippen molar-refractivity contribution < 1.29 is 0 Å². The summed E-state index contributed by atoms with van der Waals surface area (Å²) >= 11 is 0. The molecule has 0 bridgehead atoms. The highest BCUT2D eigenvalue weighted by Crippen LogP contribution is 2.36. The smallest absolute Gasteiger partial charge is 0.0136 e. The van der Waals surface area contributed by atoms with Gasteiger partial charge in [-0.25, -0.2) is 0 Å². The van der Waals surface area contributed by atoms with Crippen molar-refractivity contribution in [1.82, 2.24) is 0 Å². The summed E-state index contributed by atoms with van der Waals surface area (Å²) in [7, 11) is -0.428. The maximum Gasteiger partial charge on any atom is 0.0136 e. The summed E-state index contributed by atoms with van der Waals surface area (Å²) in [4.78, 5) is 1.59. The zero-order valence-electron chi connectivity index (χ0n) is 14.3. The fraction of sp³-hybridized carbons (Fsp3) is 0.381. The average Bonchev–Trinajstić information content (AvgIpc) is 3.09. The van der Waals surface area contributed by atoms with Gasteiger partial charge in [0.15, 0.2) is 0 Å². The van der Waals surface area contributed by atoms with E-state index in [4.69, 9.17) is 0 Å². The summed E-state index contributed by atoms with van der Waals surface area (Å²) in [6, 6.07) is 6.86. The zero-order valence-corrected chi connectivity index (χ0v) is 15.3. The Labute approximate surface area is 135 Å². The predicted octanol–water partition coefficient (Wildman–Crippen LogP) is 5.29. The number of benzene rings is 1. The van der Waals surface area contributed by atoms with Gasteiger partial charge in [0.05, 0.1) is 0 Å². The standard InChI is InChI=1S/C21H26Si/c1-5-6-9-16-10-7-12-18(16)19-14-17-11-8-13-20(22(3)4)21(17)15(19)2/h7-8,10-11,13-14H,5-6,9,12H2,1-4H3. The highest BCUT2D eigenvalue weighted by molar-refractivity contribution is 6.47. The van der Waals surface area contributed by atoms with Crippen molar-refractivity contribution in [2.45, 2.75) is 52.6 Å². The summed E-state index contributed by atoms with van der Waals surface area (Å²) in [6.45, 7) is 9.40. The van der Waals surface area contributed by atoms with Crippen LogP contribution in [0.25, 0.3) is 11.6 Å². The topological polar surface area (TPSA) is 0 Å². The van der Waals surface area contributed by atoms with Gasteiger partial charge in [0.2, 0.25) is 0 Å². The normalized spacial score (nSPS) is 16.4. The molecule has 0 aromatic heterocycles. The number of hydrogen-bond donors (Lipinski definition) is 0. The molecular formula is C21H26Si. The van der Waals surface area contributed by atoms with Crippen molar-refractivity contribution in [2.24, 2.45) is 0 Å². The molecule has 0 atom stereocenters. The fourth-order valence-electron chi connectivity index (χ4n) is 3.67. The van der Waals surface area contributed by atoms with Crippen LogP contribution in [0.3, 0.4) is 0 Å². The molecule has 2 aliphatic carbocycles. The third-order valence-corrected chi connectivity index (χ3v) is 6.36. The lowest BCUT2D eigenvalue weighted by molar-refractivity contribution is 0.795. The highest BCUT2D eigenvalue weighted by atomic mass is 28.2. The van der Waals surface area contributed by atoms with E-state index in [0.717, 1.165) is 6.42 Å². The van der Waals surface area contributed by atoms with Gasteiger partial charge < -0.3 is 0 Å². The maximum absolute atomic E-state index is 2.44. The fourth-order valence-corrected chi connectivity index (χ4v) is 4.93. The summed E-state index contributed by atoms with van der Waals surface area (Å²) in [5, 5.41) is 1.53. The first-order chi connectivity index (χ1) is 10.6. The maximum atomic E-state index is 2.44. The number of allylic oxidation sites excluding steroid dienone is 5. The Morgan fingerprint density at radius 3 is 2.73 bits per heavy atom. The van der Waals surface area contributed by atoms with Crippen molar-refractivity contribution in [3.05, 3.63) is 62.7 Å². The van der Waals surface area contributed by atoms with Crippen LogP contribution in [0.1, 0.15) is 45.1 Å². The second-order valence-corrected chi connectivity index (χ2v) is 9.21. The molecule has 0 spiro atoms. The molecule has 1 aromatic rings. The number of hydrogen-bond acceptors (Lipinski definition) is 0. The van der Waals surface area contributed by atoms with Crippen molar-refractivity contribution in [3.8, 4) is 0 Å². The Hall–Kier alpha value is -1.47. The first kappa shape index (κ1) is 15.4. The molecule has 0 fully saturated rings. The van der Waals surface area contributed by atoms with Gasteiger partial charge in [0.25, 0.3) is 0 Å². The molecule has 0 saturated heterocycles. The van der Waals surface area contributed by atoms with Crippen LogP contribution in [0.4, 0.5) is 0 Å². The molecule has 3 rings (SSSR count). The van der Waals surface area contributed by atoms with Gasteiger partial charge in [-0.2, -0.15) is 0 Å². The third-order valence-electron chi connectivity index (χ3n) is 4.87. The minimum atomic E-state index is -0.428. The van der Waals surface area contributed by atoms with E-state index < -0.39 is 8.41 Å². The average molecular weight is 307 g/mol. The predicted molar refractivity (Wildman–Crippen MR) is 99.8 cm³/mol. The lowest BCUT2D eigenvalue weighted by Crippen LogP contribution is -2.12. The summed E-state index contributed by atoms with van der Waals surface area (Å²) < 4.78 is 0. The van der Waals surface area contributed by atoms with Gasteiger partial charge in [-0.1, -0.05) is 56.8 Å². The van der Waals surface area contributed by atoms with Gasteiger partial charge in [0.1, 0.15) is 0 Å². The van der Waals surface area contributed by atoms with Gasteiger partial charge in [-0.15, -0.1) is 0 Å². The Kier molecular flexibility index (Phi) is 4.44. The Bertz CT molecular complexity index is 812. The monoisotopic (exact) mass is 306 g/mol. The third kappa shape index (κ3) is 2.63. The molecule has 0 radical (unpaired) electrons. The molecule has 22 heavy (non-hydrogen) atoms. The van der Waals surface area contributed by atoms with Crippen molar-refractivity contribution >= 4 is 20.1 Å². The van der Waals surface area contributed by atoms with Crippen LogP contribution in [0.15, 0.2) is 47.1 Å². The molecule has 0 heterocycles. The summed E-state index contributed by atoms with van der Waals surface area (Å²) in [5.41, 5.74) is 7.59. The first-order valence-electron chi connectivity index (χ1n) is 8.52. The van der Waals surface area contributed by atoms with E-state index in [9.17, 15) is 0 Å². The Morgan fingerprint density at radius 2 is 2.00 bits per heavy atom. The second-order valence-electron chi connectivity index (χ2n) is 6.67. The van der Waals surface area contributed by atoms with Gasteiger partial charge in [-0.05, 0) is 70.2 Å². The van der Waals surface area contributed by atoms with E-state index >= 15 is 0 Å². The van der Waals surface area contributed by atoms with Crippen molar-refractivity contribution in [3.63, 3.8) is 0 Å². The molecule has 0 amide bonds. The molecule has 2 aliphatic rings. The number of unbranched alkanes of at least 4 members (excludes halogenated alkanes) is 1. The zero-order chi connectivity index (χ0) is 15.7. The van der Waals surface area contributed by atoms with E-state index in [0.29, 0.717) is 0 Å². The van der Waals surface area contributed by atoms with E-state index in [1.54, 1.807) is 16.0 Å². The van der Waals surface area contributed by atoms with Crippen LogP contribution < -0.4 is 5.22 Å². The molecule has 1 aromatic carbocycles. The molecule has 0 unspecified atom stereocenters. The second kappa shape index (κ2) is 6.34. The minimum Gasteiger partial charge on any atom is -0.0798 e. The van der Waals surface area contributed by atoms with Gasteiger partial charge in [0, 0.05) is 8.41 Å². The van der Waals surface area contributed by atoms with Crippen molar-refractivity contribution in [1.29, 1.82) is 0 Å². The molecular weight excluding hydrogens is 280 g/mol.